The molecule has 176 valence electrons. The second-order valence-corrected chi connectivity index (χ2v) is 9.24. The van der Waals surface area contributed by atoms with Gasteiger partial charge >= 0.3 is 6.18 Å². The number of aliphatic hydroxyl groups excluding tert-OH is 1. The van der Waals surface area contributed by atoms with Gasteiger partial charge in [0, 0.05) is 31.8 Å². The first-order valence-electron chi connectivity index (χ1n) is 11.1. The quantitative estimate of drug-likeness (QED) is 0.684. The van der Waals surface area contributed by atoms with E-state index in [1.165, 1.54) is 17.9 Å². The Kier molecular flexibility index (Phi) is 6.35. The Morgan fingerprint density at radius 3 is 2.56 bits per heavy atom. The molecule has 2 fully saturated rings. The van der Waals surface area contributed by atoms with Gasteiger partial charge in [0.05, 0.1) is 18.2 Å². The van der Waals surface area contributed by atoms with Crippen molar-refractivity contribution in [2.24, 2.45) is 5.41 Å². The molecular weight excluding hydrogens is 425 g/mol. The molecule has 0 bridgehead atoms. The third-order valence-electron chi connectivity index (χ3n) is 7.16. The van der Waals surface area contributed by atoms with Gasteiger partial charge in [-0.3, -0.25) is 9.59 Å². The fraction of sp³-hybridized carbons (Fsp3) is 0.652. The molecule has 1 saturated carbocycles. The van der Waals surface area contributed by atoms with Crippen molar-refractivity contribution in [3.63, 3.8) is 0 Å². The Labute approximate surface area is 185 Å². The average molecular weight is 454 g/mol. The number of ketones is 1. The summed E-state index contributed by atoms with van der Waals surface area (Å²) in [6.45, 7) is 2.69. The third kappa shape index (κ3) is 4.43. The number of benzene rings is 1. The maximum atomic E-state index is 13.6. The highest BCUT2D eigenvalue weighted by Gasteiger charge is 2.51. The molecule has 32 heavy (non-hydrogen) atoms. The molecule has 1 amide bonds. The van der Waals surface area contributed by atoms with E-state index in [0.29, 0.717) is 38.0 Å². The van der Waals surface area contributed by atoms with Crippen molar-refractivity contribution in [2.75, 3.05) is 19.8 Å². The van der Waals surface area contributed by atoms with Crippen LogP contribution in [-0.4, -0.2) is 53.5 Å². The zero-order valence-electron chi connectivity index (χ0n) is 18.1. The van der Waals surface area contributed by atoms with Gasteiger partial charge in [-0.2, -0.15) is 13.2 Å². The molecule has 1 aromatic rings. The predicted molar refractivity (Wildman–Crippen MR) is 110 cm³/mol. The van der Waals surface area contributed by atoms with Gasteiger partial charge in [0.1, 0.15) is 11.2 Å². The fourth-order valence-corrected chi connectivity index (χ4v) is 5.33. The molecule has 2 N–H and O–H groups in total. The number of halogens is 3. The van der Waals surface area contributed by atoms with Crippen molar-refractivity contribution >= 4 is 11.7 Å². The molecule has 1 unspecified atom stereocenters. The van der Waals surface area contributed by atoms with Crippen LogP contribution < -0.4 is 5.32 Å². The van der Waals surface area contributed by atoms with Gasteiger partial charge < -0.3 is 20.1 Å². The second kappa shape index (κ2) is 8.76. The van der Waals surface area contributed by atoms with Gasteiger partial charge in [-0.1, -0.05) is 6.07 Å². The first-order valence-corrected chi connectivity index (χ1v) is 11.1. The maximum Gasteiger partial charge on any atom is 0.416 e. The zero-order chi connectivity index (χ0) is 23.1. The molecule has 2 aliphatic heterocycles. The molecule has 4 rings (SSSR count). The number of amides is 1. The highest BCUT2D eigenvalue weighted by molar-refractivity contribution is 6.05. The first-order chi connectivity index (χ1) is 15.1. The fourth-order valence-electron chi connectivity index (χ4n) is 5.33. The van der Waals surface area contributed by atoms with E-state index < -0.39 is 29.2 Å². The number of carbonyl (C=O) groups is 2. The van der Waals surface area contributed by atoms with E-state index in [2.05, 4.69) is 5.32 Å². The largest absolute Gasteiger partial charge is 0.416 e. The summed E-state index contributed by atoms with van der Waals surface area (Å²) in [6.07, 6.45) is -2.41. The molecule has 3 aliphatic rings. The number of aliphatic hydroxyl groups is 1. The number of carbonyl (C=O) groups excluding carboxylic acids is 2. The Bertz CT molecular complexity index is 884. The van der Waals surface area contributed by atoms with Gasteiger partial charge in [-0.25, -0.2) is 0 Å². The highest BCUT2D eigenvalue weighted by Crippen LogP contribution is 2.43. The summed E-state index contributed by atoms with van der Waals surface area (Å²) in [5.74, 6) is -0.633. The number of alkyl halides is 3. The summed E-state index contributed by atoms with van der Waals surface area (Å²) >= 11 is 0. The number of nitrogens with one attached hydrogen (secondary N) is 1. The highest BCUT2D eigenvalue weighted by atomic mass is 19.4. The van der Waals surface area contributed by atoms with Crippen LogP contribution in [0.25, 0.3) is 0 Å². The molecule has 1 aromatic carbocycles. The summed E-state index contributed by atoms with van der Waals surface area (Å²) in [5.41, 5.74) is -1.37. The van der Waals surface area contributed by atoms with Crippen molar-refractivity contribution < 1.29 is 32.6 Å². The monoisotopic (exact) mass is 454 g/mol. The lowest BCUT2D eigenvalue weighted by molar-refractivity contribution is -0.151. The molecule has 0 radical (unpaired) electrons. The summed E-state index contributed by atoms with van der Waals surface area (Å²) < 4.78 is 44.8. The summed E-state index contributed by atoms with van der Waals surface area (Å²) in [5, 5.41) is 14.1. The van der Waals surface area contributed by atoms with Crippen LogP contribution in [0.3, 0.4) is 0 Å². The summed E-state index contributed by atoms with van der Waals surface area (Å²) in [7, 11) is 0. The van der Waals surface area contributed by atoms with Gasteiger partial charge in [0.15, 0.2) is 0 Å². The topological polar surface area (TPSA) is 78.9 Å². The van der Waals surface area contributed by atoms with E-state index in [1.54, 1.807) is 0 Å². The number of rotatable bonds is 4. The number of ether oxygens (including phenoxy) is 1. The number of hydrogen-bond acceptors (Lipinski definition) is 5. The standard InChI is InChI=1S/C23H29F3N2O4/c1-14(29)22(7-4-18(11-22)27-17-5-8-32-9-6-17)21(31)28-12-15-10-16(23(24,25)26)2-3-19(15)20(30)13-28/h2-3,10,17-18,20,27,30H,4-9,11-13H2,1H3/t18-,20?,22+/m1/s1. The molecule has 3 atom stereocenters. The number of β-amino-alcohol motifs (C(OH)–C–C–N with tert-alkyl or cyclic N) is 1. The van der Waals surface area contributed by atoms with E-state index in [0.717, 1.165) is 25.0 Å². The number of nitrogens with zero attached hydrogens (tertiary/aromatic N) is 1. The Morgan fingerprint density at radius 2 is 1.91 bits per heavy atom. The van der Waals surface area contributed by atoms with Crippen molar-refractivity contribution in [1.29, 1.82) is 0 Å². The number of Topliss-reactive ketones (excluding diaryl/α,β-unsaturated/α-hetero) is 1. The van der Waals surface area contributed by atoms with Crippen molar-refractivity contribution in [3.05, 3.63) is 34.9 Å². The zero-order valence-corrected chi connectivity index (χ0v) is 18.1. The van der Waals surface area contributed by atoms with Crippen LogP contribution in [0, 0.1) is 5.41 Å². The lowest BCUT2D eigenvalue weighted by Gasteiger charge is -2.38. The van der Waals surface area contributed by atoms with Crippen LogP contribution in [-0.2, 0) is 27.0 Å². The Balaban J connectivity index is 1.52. The molecule has 1 aliphatic carbocycles. The lowest BCUT2D eigenvalue weighted by atomic mass is 9.79. The van der Waals surface area contributed by atoms with E-state index in [1.807, 2.05) is 0 Å². The van der Waals surface area contributed by atoms with Crippen molar-refractivity contribution in [1.82, 2.24) is 10.2 Å². The average Bonchev–Trinajstić information content (AvgIpc) is 3.18. The Hall–Kier alpha value is -1.97. The molecule has 0 aromatic heterocycles. The molecule has 6 nitrogen and oxygen atoms in total. The predicted octanol–water partition coefficient (Wildman–Crippen LogP) is 2.98. The van der Waals surface area contributed by atoms with E-state index in [4.69, 9.17) is 4.74 Å². The minimum Gasteiger partial charge on any atom is -0.387 e. The van der Waals surface area contributed by atoms with Crippen LogP contribution in [0.1, 0.15) is 61.8 Å². The number of fused-ring (bicyclic) bond motifs is 1. The van der Waals surface area contributed by atoms with Crippen molar-refractivity contribution in [2.45, 2.75) is 69.9 Å². The van der Waals surface area contributed by atoms with Crippen LogP contribution in [0.4, 0.5) is 13.2 Å². The van der Waals surface area contributed by atoms with Crippen LogP contribution in [0.5, 0.6) is 0 Å². The molecule has 9 heteroatoms. The molecule has 0 spiro atoms. The van der Waals surface area contributed by atoms with Crippen LogP contribution in [0.2, 0.25) is 0 Å². The second-order valence-electron chi connectivity index (χ2n) is 9.24. The maximum absolute atomic E-state index is 13.6. The lowest BCUT2D eigenvalue weighted by Crippen LogP contribution is -2.50. The summed E-state index contributed by atoms with van der Waals surface area (Å²) in [4.78, 5) is 27.6. The SMILES string of the molecule is CC(=O)[C@]1(C(=O)N2Cc3cc(C(F)(F)F)ccc3C(O)C2)CC[C@@H](NC2CCOCC2)C1. The van der Waals surface area contributed by atoms with Gasteiger partial charge in [-0.15, -0.1) is 0 Å². The number of hydrogen-bond donors (Lipinski definition) is 2. The minimum atomic E-state index is -4.51. The normalized spacial score (nSPS) is 29.1. The van der Waals surface area contributed by atoms with E-state index in [-0.39, 0.29) is 36.5 Å². The van der Waals surface area contributed by atoms with Crippen LogP contribution >= 0.6 is 0 Å². The smallest absolute Gasteiger partial charge is 0.387 e. The van der Waals surface area contributed by atoms with E-state index in [9.17, 15) is 27.9 Å². The molecule has 1 saturated heterocycles. The molecular formula is C23H29F3N2O4. The van der Waals surface area contributed by atoms with Crippen molar-refractivity contribution in [3.8, 4) is 0 Å². The van der Waals surface area contributed by atoms with Gasteiger partial charge in [0.25, 0.3) is 0 Å². The Morgan fingerprint density at radius 1 is 1.19 bits per heavy atom. The minimum absolute atomic E-state index is 0.0183. The summed E-state index contributed by atoms with van der Waals surface area (Å²) in [6, 6.07) is 3.51. The molecule has 2 heterocycles. The van der Waals surface area contributed by atoms with Crippen LogP contribution in [0.15, 0.2) is 18.2 Å². The van der Waals surface area contributed by atoms with Gasteiger partial charge in [0.2, 0.25) is 5.91 Å². The third-order valence-corrected chi connectivity index (χ3v) is 7.16. The van der Waals surface area contributed by atoms with Gasteiger partial charge in [-0.05, 0) is 62.3 Å². The first kappa shape index (κ1) is 23.2. The van der Waals surface area contributed by atoms with E-state index >= 15 is 0 Å².